The Balaban J connectivity index is 1.73. The van der Waals surface area contributed by atoms with Crippen molar-refractivity contribution in [2.45, 2.75) is 70.5 Å². The second-order valence-corrected chi connectivity index (χ2v) is 5.16. The second-order valence-electron chi connectivity index (χ2n) is 4.28. The topological polar surface area (TPSA) is 12.5 Å². The Morgan fingerprint density at radius 3 is 2.14 bits per heavy atom. The average Bonchev–Trinajstić information content (AvgIpc) is 2.95. The van der Waals surface area contributed by atoms with Crippen LogP contribution in [0.3, 0.4) is 0 Å². The van der Waals surface area contributed by atoms with Gasteiger partial charge < -0.3 is 4.74 Å². The van der Waals surface area contributed by atoms with Crippen LogP contribution in [-0.4, -0.2) is 16.6 Å². The Morgan fingerprint density at radius 1 is 0.929 bits per heavy atom. The summed E-state index contributed by atoms with van der Waals surface area (Å²) in [6, 6.07) is 0. The van der Waals surface area contributed by atoms with Gasteiger partial charge >= 0.3 is 0 Å². The molecule has 0 aromatic carbocycles. The first-order chi connectivity index (χ1) is 6.88. The fraction of sp³-hybridized carbons (Fsp3) is 1.00. The molecule has 1 aliphatic heterocycles. The Hall–Kier alpha value is 0.690. The van der Waals surface area contributed by atoms with Gasteiger partial charge in [-0.1, -0.05) is 74.5 Å². The lowest BCUT2D eigenvalue weighted by molar-refractivity contribution is 0.367. The lowest BCUT2D eigenvalue weighted by Gasteiger charge is -1.99. The number of alkyl halides is 1. The molecule has 0 aromatic rings. The van der Waals surface area contributed by atoms with E-state index in [-0.39, 0.29) is 0 Å². The van der Waals surface area contributed by atoms with Crippen LogP contribution in [0.25, 0.3) is 0 Å². The van der Waals surface area contributed by atoms with Crippen LogP contribution in [-0.2, 0) is 4.74 Å². The molecule has 1 fully saturated rings. The van der Waals surface area contributed by atoms with Gasteiger partial charge in [-0.2, -0.15) is 0 Å². The summed E-state index contributed by atoms with van der Waals surface area (Å²) in [5.41, 5.74) is 0. The van der Waals surface area contributed by atoms with Crippen LogP contribution in [0.5, 0.6) is 0 Å². The summed E-state index contributed by atoms with van der Waals surface area (Å²) >= 11 is 2.41. The zero-order chi connectivity index (χ0) is 10.2. The van der Waals surface area contributed by atoms with Crippen LogP contribution in [0.1, 0.15) is 58.3 Å². The molecule has 1 saturated heterocycles. The van der Waals surface area contributed by atoms with Crippen LogP contribution in [0, 0.1) is 0 Å². The zero-order valence-corrected chi connectivity index (χ0v) is 11.5. The fourth-order valence-electron chi connectivity index (χ4n) is 1.87. The summed E-state index contributed by atoms with van der Waals surface area (Å²) in [6.45, 7) is 2.27. The van der Waals surface area contributed by atoms with Crippen molar-refractivity contribution < 1.29 is 4.74 Å². The van der Waals surface area contributed by atoms with Crippen molar-refractivity contribution in [2.24, 2.45) is 0 Å². The number of hydrogen-bond donors (Lipinski definition) is 0. The molecule has 1 nitrogen and oxygen atoms in total. The van der Waals surface area contributed by atoms with E-state index in [1.54, 1.807) is 0 Å². The van der Waals surface area contributed by atoms with E-state index in [4.69, 9.17) is 4.74 Å². The maximum atomic E-state index is 5.50. The molecule has 2 heteroatoms. The summed E-state index contributed by atoms with van der Waals surface area (Å²) in [5.74, 6) is 0. The second kappa shape index (κ2) is 7.91. The fourth-order valence-corrected chi connectivity index (χ4v) is 2.65. The molecule has 0 amide bonds. The van der Waals surface area contributed by atoms with Crippen molar-refractivity contribution in [1.29, 1.82) is 0 Å². The predicted octanol–water partition coefficient (Wildman–Crippen LogP) is 4.33. The molecular weight excluding hydrogens is 287 g/mol. The summed E-state index contributed by atoms with van der Waals surface area (Å²) in [4.78, 5) is 0. The standard InChI is InChI=1S/C12H23IO/c1-2-3-4-5-6-7-8-9-11-12(10-13)14-11/h11-12H,2-10H2,1H3/t11-,12+/m1/s1. The zero-order valence-electron chi connectivity index (χ0n) is 9.30. The Morgan fingerprint density at radius 2 is 1.57 bits per heavy atom. The van der Waals surface area contributed by atoms with Crippen LogP contribution in [0.2, 0.25) is 0 Å². The summed E-state index contributed by atoms with van der Waals surface area (Å²) < 4.78 is 6.68. The molecule has 0 saturated carbocycles. The largest absolute Gasteiger partial charge is 0.369 e. The first-order valence-electron chi connectivity index (χ1n) is 6.10. The molecule has 1 heterocycles. The van der Waals surface area contributed by atoms with E-state index in [0.717, 1.165) is 0 Å². The van der Waals surface area contributed by atoms with Crippen molar-refractivity contribution in [1.82, 2.24) is 0 Å². The van der Waals surface area contributed by atoms with Gasteiger partial charge in [0.1, 0.15) is 0 Å². The molecule has 0 N–H and O–H groups in total. The van der Waals surface area contributed by atoms with E-state index in [0.29, 0.717) is 12.2 Å². The maximum Gasteiger partial charge on any atom is 0.0931 e. The Kier molecular flexibility index (Phi) is 7.21. The Labute approximate surface area is 102 Å². The third kappa shape index (κ3) is 5.54. The third-order valence-corrected chi connectivity index (χ3v) is 3.80. The molecular formula is C12H23IO. The molecule has 0 spiro atoms. The van der Waals surface area contributed by atoms with Gasteiger partial charge in [0, 0.05) is 4.43 Å². The highest BCUT2D eigenvalue weighted by molar-refractivity contribution is 14.1. The highest BCUT2D eigenvalue weighted by Gasteiger charge is 2.36. The highest BCUT2D eigenvalue weighted by Crippen LogP contribution is 2.28. The molecule has 0 radical (unpaired) electrons. The van der Waals surface area contributed by atoms with Crippen LogP contribution in [0.15, 0.2) is 0 Å². The van der Waals surface area contributed by atoms with Gasteiger partial charge in [0.15, 0.2) is 0 Å². The molecule has 1 rings (SSSR count). The van der Waals surface area contributed by atoms with Crippen molar-refractivity contribution >= 4 is 22.6 Å². The number of ether oxygens (including phenoxy) is 1. The van der Waals surface area contributed by atoms with Crippen molar-refractivity contribution in [2.75, 3.05) is 4.43 Å². The minimum atomic E-state index is 0.607. The summed E-state index contributed by atoms with van der Waals surface area (Å²) in [6.07, 6.45) is 12.4. The van der Waals surface area contributed by atoms with Gasteiger partial charge in [0.25, 0.3) is 0 Å². The van der Waals surface area contributed by atoms with Gasteiger partial charge in [0.2, 0.25) is 0 Å². The smallest absolute Gasteiger partial charge is 0.0931 e. The molecule has 14 heavy (non-hydrogen) atoms. The van der Waals surface area contributed by atoms with Crippen molar-refractivity contribution in [3.8, 4) is 0 Å². The van der Waals surface area contributed by atoms with Gasteiger partial charge in [-0.15, -0.1) is 0 Å². The van der Waals surface area contributed by atoms with Gasteiger partial charge in [0.05, 0.1) is 12.2 Å². The molecule has 0 aromatic heterocycles. The van der Waals surface area contributed by atoms with E-state index in [2.05, 4.69) is 29.5 Å². The molecule has 0 unspecified atom stereocenters. The normalized spacial score (nSPS) is 25.3. The monoisotopic (exact) mass is 310 g/mol. The molecule has 1 aliphatic rings. The van der Waals surface area contributed by atoms with E-state index in [9.17, 15) is 0 Å². The molecule has 0 aliphatic carbocycles. The van der Waals surface area contributed by atoms with Crippen LogP contribution in [0.4, 0.5) is 0 Å². The van der Waals surface area contributed by atoms with Gasteiger partial charge in [-0.25, -0.2) is 0 Å². The minimum Gasteiger partial charge on any atom is -0.369 e. The van der Waals surface area contributed by atoms with E-state index in [1.807, 2.05) is 0 Å². The lowest BCUT2D eigenvalue weighted by atomic mass is 10.1. The summed E-state index contributed by atoms with van der Waals surface area (Å²) in [7, 11) is 0. The number of unbranched alkanes of at least 4 members (excludes halogenated alkanes) is 6. The van der Waals surface area contributed by atoms with Crippen molar-refractivity contribution in [3.63, 3.8) is 0 Å². The maximum absolute atomic E-state index is 5.50. The number of epoxide rings is 1. The number of hydrogen-bond acceptors (Lipinski definition) is 1. The van der Waals surface area contributed by atoms with E-state index >= 15 is 0 Å². The number of rotatable bonds is 9. The molecule has 0 bridgehead atoms. The SMILES string of the molecule is CCCCCCCCC[C@H]1O[C@H]1CI. The van der Waals surface area contributed by atoms with E-state index in [1.165, 1.54) is 55.8 Å². The first kappa shape index (κ1) is 12.8. The van der Waals surface area contributed by atoms with Crippen LogP contribution >= 0.6 is 22.6 Å². The summed E-state index contributed by atoms with van der Waals surface area (Å²) in [5, 5.41) is 0. The first-order valence-corrected chi connectivity index (χ1v) is 7.62. The number of halogens is 1. The lowest BCUT2D eigenvalue weighted by Crippen LogP contribution is -1.94. The van der Waals surface area contributed by atoms with Gasteiger partial charge in [-0.3, -0.25) is 0 Å². The minimum absolute atomic E-state index is 0.607. The predicted molar refractivity (Wildman–Crippen MR) is 70.2 cm³/mol. The van der Waals surface area contributed by atoms with Gasteiger partial charge in [-0.05, 0) is 6.42 Å². The van der Waals surface area contributed by atoms with E-state index < -0.39 is 0 Å². The third-order valence-electron chi connectivity index (χ3n) is 2.93. The highest BCUT2D eigenvalue weighted by atomic mass is 127. The molecule has 2 atom stereocenters. The van der Waals surface area contributed by atoms with Crippen molar-refractivity contribution in [3.05, 3.63) is 0 Å². The average molecular weight is 310 g/mol. The Bertz CT molecular complexity index is 138. The quantitative estimate of drug-likeness (QED) is 0.267. The molecule has 84 valence electrons. The van der Waals surface area contributed by atoms with Crippen LogP contribution < -0.4 is 0 Å².